The second-order valence-corrected chi connectivity index (χ2v) is 14.9. The van der Waals surface area contributed by atoms with Crippen molar-refractivity contribution in [2.45, 2.75) is 0 Å². The van der Waals surface area contributed by atoms with Gasteiger partial charge >= 0.3 is 0 Å². The van der Waals surface area contributed by atoms with Gasteiger partial charge in [0, 0.05) is 32.9 Å². The number of para-hydroxylation sites is 3. The van der Waals surface area contributed by atoms with Gasteiger partial charge in [-0.15, -0.1) is 0 Å². The summed E-state index contributed by atoms with van der Waals surface area (Å²) in [6, 6.07) is 75.8. The minimum absolute atomic E-state index is 1.15. The third-order valence-corrected chi connectivity index (χ3v) is 11.9. The van der Waals surface area contributed by atoms with Crippen molar-refractivity contribution in [3.05, 3.63) is 206 Å². The molecular formula is C54H34N2. The summed E-state index contributed by atoms with van der Waals surface area (Å²) in [6.45, 7) is 0. The molecule has 12 rings (SSSR count). The van der Waals surface area contributed by atoms with E-state index in [-0.39, 0.29) is 0 Å². The maximum Gasteiger partial charge on any atom is 0.0547 e. The number of hydrogen-bond donors (Lipinski definition) is 0. The lowest BCUT2D eigenvalue weighted by Gasteiger charge is -2.13. The molecule has 0 saturated heterocycles. The standard InChI is InChI=1S/C54H34N2/c1-2-15-39(16-3-1)55-52-24-11-9-22-47(52)50-34-40(27-30-53(50)55)56-51-23-10-8-21-46(51)48-29-26-38(33-54(48)56)36-14-12-13-35(31-36)37-25-28-45-43-19-5-4-17-41(43)42-18-6-7-20-44(42)49(45)32-37/h1-34H. The summed E-state index contributed by atoms with van der Waals surface area (Å²) in [7, 11) is 0. The zero-order chi connectivity index (χ0) is 36.7. The Balaban J connectivity index is 1.02. The van der Waals surface area contributed by atoms with Crippen molar-refractivity contribution in [3.8, 4) is 33.6 Å². The first-order valence-corrected chi connectivity index (χ1v) is 19.3. The molecule has 0 atom stereocenters. The molecule has 0 spiro atoms. The molecule has 0 fully saturated rings. The van der Waals surface area contributed by atoms with Crippen LogP contribution in [0.4, 0.5) is 0 Å². The Hall–Kier alpha value is -7.42. The SMILES string of the molecule is c1ccc(-n2c3ccccc3c3cc(-n4c5ccccc5c5ccc(-c6cccc(-c7ccc8c9ccccc9c9ccccc9c8c7)c6)cc54)ccc32)cc1. The molecule has 56 heavy (non-hydrogen) atoms. The zero-order valence-corrected chi connectivity index (χ0v) is 30.5. The van der Waals surface area contributed by atoms with Crippen LogP contribution < -0.4 is 0 Å². The molecule has 12 aromatic rings. The van der Waals surface area contributed by atoms with Crippen molar-refractivity contribution in [2.24, 2.45) is 0 Å². The van der Waals surface area contributed by atoms with Gasteiger partial charge in [-0.3, -0.25) is 0 Å². The molecule has 0 N–H and O–H groups in total. The maximum atomic E-state index is 2.45. The van der Waals surface area contributed by atoms with Crippen molar-refractivity contribution in [3.63, 3.8) is 0 Å². The van der Waals surface area contributed by atoms with E-state index in [0.29, 0.717) is 0 Å². The van der Waals surface area contributed by atoms with E-state index >= 15 is 0 Å². The molecule has 2 heterocycles. The van der Waals surface area contributed by atoms with Crippen LogP contribution in [0.2, 0.25) is 0 Å². The molecule has 0 bridgehead atoms. The molecule has 0 aliphatic carbocycles. The summed E-state index contributed by atoms with van der Waals surface area (Å²) in [5.41, 5.74) is 12.0. The summed E-state index contributed by atoms with van der Waals surface area (Å²) >= 11 is 0. The van der Waals surface area contributed by atoms with Gasteiger partial charge in [0.1, 0.15) is 0 Å². The van der Waals surface area contributed by atoms with Gasteiger partial charge in [0.15, 0.2) is 0 Å². The van der Waals surface area contributed by atoms with E-state index in [2.05, 4.69) is 215 Å². The first-order chi connectivity index (χ1) is 27.8. The first kappa shape index (κ1) is 31.0. The zero-order valence-electron chi connectivity index (χ0n) is 30.5. The summed E-state index contributed by atoms with van der Waals surface area (Å²) in [4.78, 5) is 0. The van der Waals surface area contributed by atoms with Crippen molar-refractivity contribution < 1.29 is 0 Å². The predicted octanol–water partition coefficient (Wildman–Crippen LogP) is 14.7. The van der Waals surface area contributed by atoms with Gasteiger partial charge in [0.25, 0.3) is 0 Å². The van der Waals surface area contributed by atoms with Gasteiger partial charge in [-0.1, -0.05) is 146 Å². The minimum Gasteiger partial charge on any atom is -0.309 e. The Kier molecular flexibility index (Phi) is 6.66. The fourth-order valence-corrected chi connectivity index (χ4v) is 9.35. The highest BCUT2D eigenvalue weighted by atomic mass is 15.0. The molecule has 260 valence electrons. The molecule has 2 heteroatoms. The summed E-state index contributed by atoms with van der Waals surface area (Å²) in [5.74, 6) is 0. The van der Waals surface area contributed by atoms with Gasteiger partial charge < -0.3 is 9.13 Å². The molecule has 0 radical (unpaired) electrons. The fraction of sp³-hybridized carbons (Fsp3) is 0. The Morgan fingerprint density at radius 2 is 0.643 bits per heavy atom. The molecule has 10 aromatic carbocycles. The number of hydrogen-bond acceptors (Lipinski definition) is 0. The van der Waals surface area contributed by atoms with Crippen molar-refractivity contribution in [1.29, 1.82) is 0 Å². The molecule has 0 saturated carbocycles. The molecule has 0 unspecified atom stereocenters. The molecule has 2 aromatic heterocycles. The lowest BCUT2D eigenvalue weighted by Crippen LogP contribution is -1.95. The minimum atomic E-state index is 1.15. The second-order valence-electron chi connectivity index (χ2n) is 14.9. The smallest absolute Gasteiger partial charge is 0.0547 e. The third kappa shape index (κ3) is 4.57. The Morgan fingerprint density at radius 3 is 1.30 bits per heavy atom. The average Bonchev–Trinajstić information content (AvgIpc) is 3.79. The van der Waals surface area contributed by atoms with E-state index in [1.54, 1.807) is 0 Å². The molecular weight excluding hydrogens is 677 g/mol. The number of rotatable bonds is 4. The predicted molar refractivity (Wildman–Crippen MR) is 239 cm³/mol. The molecule has 0 amide bonds. The molecule has 0 aliphatic heterocycles. The number of nitrogens with zero attached hydrogens (tertiary/aromatic N) is 2. The first-order valence-electron chi connectivity index (χ1n) is 19.3. The number of aromatic nitrogens is 2. The van der Waals surface area contributed by atoms with E-state index in [0.717, 1.165) is 5.69 Å². The van der Waals surface area contributed by atoms with E-state index in [1.807, 2.05) is 0 Å². The van der Waals surface area contributed by atoms with Crippen LogP contribution in [-0.2, 0) is 0 Å². The highest BCUT2D eigenvalue weighted by molar-refractivity contribution is 6.25. The quantitative estimate of drug-likeness (QED) is 0.161. The lowest BCUT2D eigenvalue weighted by atomic mass is 9.91. The van der Waals surface area contributed by atoms with Gasteiger partial charge in [-0.25, -0.2) is 0 Å². The third-order valence-electron chi connectivity index (χ3n) is 11.9. The van der Waals surface area contributed by atoms with Crippen LogP contribution in [0.3, 0.4) is 0 Å². The van der Waals surface area contributed by atoms with Crippen LogP contribution in [0, 0.1) is 0 Å². The van der Waals surface area contributed by atoms with Crippen LogP contribution in [0.1, 0.15) is 0 Å². The Morgan fingerprint density at radius 1 is 0.196 bits per heavy atom. The van der Waals surface area contributed by atoms with Crippen molar-refractivity contribution in [1.82, 2.24) is 9.13 Å². The van der Waals surface area contributed by atoms with E-state index in [9.17, 15) is 0 Å². The molecule has 2 nitrogen and oxygen atoms in total. The fourth-order valence-electron chi connectivity index (χ4n) is 9.35. The van der Waals surface area contributed by atoms with Crippen LogP contribution in [0.25, 0.3) is 110 Å². The summed E-state index contributed by atoms with van der Waals surface area (Å²) < 4.78 is 4.83. The van der Waals surface area contributed by atoms with Gasteiger partial charge in [-0.2, -0.15) is 0 Å². The maximum absolute atomic E-state index is 2.45. The average molecular weight is 711 g/mol. The van der Waals surface area contributed by atoms with Gasteiger partial charge in [-0.05, 0) is 115 Å². The van der Waals surface area contributed by atoms with Gasteiger partial charge in [0.2, 0.25) is 0 Å². The largest absolute Gasteiger partial charge is 0.309 e. The van der Waals surface area contributed by atoms with E-state index in [1.165, 1.54) is 104 Å². The van der Waals surface area contributed by atoms with Gasteiger partial charge in [0.05, 0.1) is 22.1 Å². The Labute approximate surface area is 323 Å². The van der Waals surface area contributed by atoms with Crippen LogP contribution >= 0.6 is 0 Å². The van der Waals surface area contributed by atoms with Crippen molar-refractivity contribution in [2.75, 3.05) is 0 Å². The monoisotopic (exact) mass is 710 g/mol. The Bertz CT molecular complexity index is 3490. The van der Waals surface area contributed by atoms with Crippen LogP contribution in [0.15, 0.2) is 206 Å². The number of benzene rings is 10. The van der Waals surface area contributed by atoms with Crippen molar-refractivity contribution >= 4 is 75.9 Å². The second kappa shape index (κ2) is 12.0. The molecule has 0 aliphatic rings. The summed E-state index contributed by atoms with van der Waals surface area (Å²) in [6.07, 6.45) is 0. The van der Waals surface area contributed by atoms with Crippen LogP contribution in [0.5, 0.6) is 0 Å². The highest BCUT2D eigenvalue weighted by Gasteiger charge is 2.17. The normalized spacial score (nSPS) is 11.9. The van der Waals surface area contributed by atoms with E-state index in [4.69, 9.17) is 0 Å². The van der Waals surface area contributed by atoms with Crippen LogP contribution in [-0.4, -0.2) is 9.13 Å². The topological polar surface area (TPSA) is 9.86 Å². The summed E-state index contributed by atoms with van der Waals surface area (Å²) in [5, 5.41) is 12.8. The van der Waals surface area contributed by atoms with E-state index < -0.39 is 0 Å². The lowest BCUT2D eigenvalue weighted by molar-refractivity contribution is 1.17. The highest BCUT2D eigenvalue weighted by Crippen LogP contribution is 2.40. The number of fused-ring (bicyclic) bond motifs is 12.